The Morgan fingerprint density at radius 2 is 2.45 bits per heavy atom. The van der Waals surface area contributed by atoms with Crippen molar-refractivity contribution in [2.45, 2.75) is 19.8 Å². The van der Waals surface area contributed by atoms with Crippen LogP contribution in [0.4, 0.5) is 0 Å². The van der Waals surface area contributed by atoms with Crippen LogP contribution in [0.25, 0.3) is 0 Å². The average Bonchev–Trinajstić information content (AvgIpc) is 2.03. The Labute approximate surface area is 74.4 Å². The van der Waals surface area contributed by atoms with Crippen molar-refractivity contribution in [3.63, 3.8) is 0 Å². The molecule has 1 aliphatic heterocycles. The van der Waals surface area contributed by atoms with Crippen molar-refractivity contribution in [3.05, 3.63) is 11.8 Å². The van der Waals surface area contributed by atoms with Gasteiger partial charge in [-0.1, -0.05) is 13.3 Å². The molecule has 3 heteroatoms. The van der Waals surface area contributed by atoms with Gasteiger partial charge in [0.05, 0.1) is 0 Å². The van der Waals surface area contributed by atoms with E-state index >= 15 is 0 Å². The summed E-state index contributed by atoms with van der Waals surface area (Å²) in [6, 6.07) is 0. The monoisotopic (exact) mass is 177 g/mol. The minimum atomic E-state index is 0. The lowest BCUT2D eigenvalue weighted by molar-refractivity contribution is -0.661. The Morgan fingerprint density at radius 3 is 3.00 bits per heavy atom. The van der Waals surface area contributed by atoms with Gasteiger partial charge in [-0.05, 0) is 12.5 Å². The third-order valence-electron chi connectivity index (χ3n) is 1.62. The second-order valence-electron chi connectivity index (χ2n) is 2.59. The largest absolute Gasteiger partial charge is 1.00 e. The minimum Gasteiger partial charge on any atom is -1.00 e. The molecule has 0 unspecified atom stereocenters. The van der Waals surface area contributed by atoms with Gasteiger partial charge < -0.3 is 22.5 Å². The average molecular weight is 178 g/mol. The van der Waals surface area contributed by atoms with Gasteiger partial charge in [0.15, 0.2) is 0 Å². The van der Waals surface area contributed by atoms with Crippen LogP contribution in [0.3, 0.4) is 0 Å². The normalized spacial score (nSPS) is 20.6. The highest BCUT2D eigenvalue weighted by atomic mass is 35.5. The molecule has 0 aromatic rings. The van der Waals surface area contributed by atoms with Crippen molar-refractivity contribution >= 4 is 0 Å². The first-order valence-electron chi connectivity index (χ1n) is 4.07. The van der Waals surface area contributed by atoms with Crippen molar-refractivity contribution in [3.8, 4) is 0 Å². The van der Waals surface area contributed by atoms with Gasteiger partial charge in [-0.25, -0.2) is 0 Å². The van der Waals surface area contributed by atoms with E-state index in [4.69, 9.17) is 4.74 Å². The van der Waals surface area contributed by atoms with Crippen molar-refractivity contribution in [1.29, 1.82) is 0 Å². The van der Waals surface area contributed by atoms with Gasteiger partial charge in [-0.15, -0.1) is 0 Å². The van der Waals surface area contributed by atoms with Gasteiger partial charge >= 0.3 is 0 Å². The quantitative estimate of drug-likeness (QED) is 0.487. The molecule has 1 aliphatic rings. The Hall–Kier alpha value is -0.210. The molecule has 0 atom stereocenters. The number of rotatable bonds is 2. The second-order valence-corrected chi connectivity index (χ2v) is 2.59. The van der Waals surface area contributed by atoms with Gasteiger partial charge in [-0.2, -0.15) is 0 Å². The summed E-state index contributed by atoms with van der Waals surface area (Å²) in [5.41, 5.74) is 0. The van der Waals surface area contributed by atoms with Gasteiger partial charge in [0.1, 0.15) is 25.5 Å². The Bertz CT molecular complexity index is 117. The Balaban J connectivity index is 0.000001000. The third kappa shape index (κ3) is 4.27. The van der Waals surface area contributed by atoms with Crippen LogP contribution in [0.2, 0.25) is 0 Å². The number of halogens is 1. The first-order chi connectivity index (χ1) is 4.93. The molecule has 2 N–H and O–H groups in total. The SMILES string of the molecule is CCC/C=C1/C[NH2+]CCO1.[Cl-]. The lowest BCUT2D eigenvalue weighted by atomic mass is 10.3. The summed E-state index contributed by atoms with van der Waals surface area (Å²) in [4.78, 5) is 0. The van der Waals surface area contributed by atoms with Gasteiger partial charge in [0, 0.05) is 0 Å². The van der Waals surface area contributed by atoms with Crippen molar-refractivity contribution in [2.75, 3.05) is 19.7 Å². The molecule has 0 radical (unpaired) electrons. The molecule has 0 saturated carbocycles. The molecule has 1 rings (SSSR count). The molecule has 0 spiro atoms. The summed E-state index contributed by atoms with van der Waals surface area (Å²) in [5.74, 6) is 1.17. The summed E-state index contributed by atoms with van der Waals surface area (Å²) in [6.45, 7) is 5.22. The lowest BCUT2D eigenvalue weighted by Crippen LogP contribution is -3.00. The van der Waals surface area contributed by atoms with Crippen molar-refractivity contribution in [2.24, 2.45) is 0 Å². The van der Waals surface area contributed by atoms with Crippen LogP contribution in [0.5, 0.6) is 0 Å². The van der Waals surface area contributed by atoms with Crippen LogP contribution >= 0.6 is 0 Å². The van der Waals surface area contributed by atoms with E-state index in [-0.39, 0.29) is 12.4 Å². The van der Waals surface area contributed by atoms with Gasteiger partial charge in [0.25, 0.3) is 0 Å². The number of unbranched alkanes of at least 4 members (excludes halogenated alkanes) is 1. The highest BCUT2D eigenvalue weighted by Crippen LogP contribution is 1.99. The second kappa shape index (κ2) is 6.50. The zero-order valence-electron chi connectivity index (χ0n) is 6.98. The summed E-state index contributed by atoms with van der Waals surface area (Å²) in [5, 5.41) is 2.28. The molecule has 1 fully saturated rings. The maximum atomic E-state index is 5.41. The van der Waals surface area contributed by atoms with E-state index in [0.717, 1.165) is 26.1 Å². The molecule has 0 aliphatic carbocycles. The number of ether oxygens (including phenoxy) is 1. The van der Waals surface area contributed by atoms with E-state index in [1.54, 1.807) is 0 Å². The molecule has 0 aromatic carbocycles. The number of allylic oxidation sites excluding steroid dienone is 1. The Kier molecular flexibility index (Phi) is 6.37. The van der Waals surface area contributed by atoms with E-state index in [1.165, 1.54) is 12.2 Å². The maximum Gasteiger partial charge on any atom is 0.146 e. The molecule has 2 nitrogen and oxygen atoms in total. The molecule has 1 heterocycles. The van der Waals surface area contributed by atoms with Crippen LogP contribution < -0.4 is 17.7 Å². The summed E-state index contributed by atoms with van der Waals surface area (Å²) in [6.07, 6.45) is 4.58. The lowest BCUT2D eigenvalue weighted by Gasteiger charge is -2.13. The molecule has 0 aromatic heterocycles. The van der Waals surface area contributed by atoms with E-state index in [9.17, 15) is 0 Å². The van der Waals surface area contributed by atoms with Crippen LogP contribution in [0.1, 0.15) is 19.8 Å². The molecule has 0 bridgehead atoms. The predicted molar refractivity (Wildman–Crippen MR) is 40.6 cm³/mol. The maximum absolute atomic E-state index is 5.41. The summed E-state index contributed by atoms with van der Waals surface area (Å²) >= 11 is 0. The molecule has 11 heavy (non-hydrogen) atoms. The molecule has 0 amide bonds. The molecule has 1 saturated heterocycles. The first-order valence-corrected chi connectivity index (χ1v) is 4.07. The first kappa shape index (κ1) is 10.8. The summed E-state index contributed by atoms with van der Waals surface area (Å²) in [7, 11) is 0. The number of morpholine rings is 1. The zero-order chi connectivity index (χ0) is 7.23. The number of hydrogen-bond acceptors (Lipinski definition) is 1. The topological polar surface area (TPSA) is 25.8 Å². The van der Waals surface area contributed by atoms with E-state index in [2.05, 4.69) is 18.3 Å². The van der Waals surface area contributed by atoms with Crippen LogP contribution in [0.15, 0.2) is 11.8 Å². The van der Waals surface area contributed by atoms with Crippen molar-refractivity contribution in [1.82, 2.24) is 0 Å². The van der Waals surface area contributed by atoms with Crippen LogP contribution in [-0.4, -0.2) is 19.7 Å². The van der Waals surface area contributed by atoms with Gasteiger partial charge in [0.2, 0.25) is 0 Å². The van der Waals surface area contributed by atoms with Crippen LogP contribution in [-0.2, 0) is 4.74 Å². The van der Waals surface area contributed by atoms with Gasteiger partial charge in [-0.3, -0.25) is 0 Å². The van der Waals surface area contributed by atoms with E-state index in [1.807, 2.05) is 0 Å². The fourth-order valence-corrected chi connectivity index (χ4v) is 1.02. The van der Waals surface area contributed by atoms with Crippen molar-refractivity contribution < 1.29 is 22.5 Å². The predicted octanol–water partition coefficient (Wildman–Crippen LogP) is -2.73. The van der Waals surface area contributed by atoms with Crippen LogP contribution in [0, 0.1) is 0 Å². The fraction of sp³-hybridized carbons (Fsp3) is 0.750. The highest BCUT2D eigenvalue weighted by molar-refractivity contribution is 4.93. The van der Waals surface area contributed by atoms with E-state index < -0.39 is 0 Å². The van der Waals surface area contributed by atoms with E-state index in [0.29, 0.717) is 0 Å². The fourth-order valence-electron chi connectivity index (χ4n) is 1.02. The smallest absolute Gasteiger partial charge is 0.146 e. The number of nitrogens with two attached hydrogens (primary N) is 1. The Morgan fingerprint density at radius 1 is 1.64 bits per heavy atom. The number of hydrogen-bond donors (Lipinski definition) is 1. The highest BCUT2D eigenvalue weighted by Gasteiger charge is 2.06. The zero-order valence-corrected chi connectivity index (χ0v) is 7.73. The molecular weight excluding hydrogens is 162 g/mol. The summed E-state index contributed by atoms with van der Waals surface area (Å²) < 4.78 is 5.41. The third-order valence-corrected chi connectivity index (χ3v) is 1.62. The standard InChI is InChI=1S/C8H15NO.ClH/c1-2-3-4-8-7-9-5-6-10-8;/h4,9H,2-3,5-7H2,1H3;1H/b8-4-;. The molecule has 66 valence electrons. The minimum absolute atomic E-state index is 0. The molecular formula is C8H16ClNO. The number of quaternary nitrogens is 1.